The molecule has 0 fully saturated rings. The summed E-state index contributed by atoms with van der Waals surface area (Å²) in [5.41, 5.74) is 3.86. The Bertz CT molecular complexity index is 1410. The minimum absolute atomic E-state index is 0.256. The molecule has 0 saturated heterocycles. The Hall–Kier alpha value is -4.23. The molecule has 0 unspecified atom stereocenters. The van der Waals surface area contributed by atoms with Gasteiger partial charge in [0.25, 0.3) is 5.91 Å². The van der Waals surface area contributed by atoms with E-state index in [9.17, 15) is 4.79 Å². The molecule has 2 heterocycles. The molecule has 1 aromatic heterocycles. The number of amides is 1. The Morgan fingerprint density at radius 2 is 1.86 bits per heavy atom. The van der Waals surface area contributed by atoms with Gasteiger partial charge in [0.05, 0.1) is 26.0 Å². The number of nitrogens with one attached hydrogen (secondary N) is 2. The molecule has 1 aliphatic rings. The molecule has 8 heteroatoms. The summed E-state index contributed by atoms with van der Waals surface area (Å²) < 4.78 is 12.7. The lowest BCUT2D eigenvalue weighted by atomic mass is 10.0. The molecule has 2 N–H and O–H groups in total. The van der Waals surface area contributed by atoms with Crippen LogP contribution in [0.4, 0.5) is 11.5 Å². The topological polar surface area (TPSA) is 77.4 Å². The molecule has 0 aliphatic carbocycles. The second-order valence-corrected chi connectivity index (χ2v) is 8.63. The number of fused-ring (bicyclic) bond motifs is 1. The van der Waals surface area contributed by atoms with E-state index in [1.165, 1.54) is 0 Å². The fourth-order valence-corrected chi connectivity index (χ4v) is 4.25. The monoisotopic (exact) mass is 500 g/mol. The van der Waals surface area contributed by atoms with Crippen LogP contribution >= 0.6 is 11.6 Å². The van der Waals surface area contributed by atoms with Gasteiger partial charge in [0.2, 0.25) is 0 Å². The summed E-state index contributed by atoms with van der Waals surface area (Å²) in [7, 11) is 1.64. The Morgan fingerprint density at radius 3 is 2.58 bits per heavy atom. The fraction of sp³-hybridized carbons (Fsp3) is 0.143. The molecule has 5 rings (SSSR count). The highest BCUT2D eigenvalue weighted by molar-refractivity contribution is 6.30. The maximum absolute atomic E-state index is 13.3. The molecule has 7 nitrogen and oxygen atoms in total. The van der Waals surface area contributed by atoms with Crippen LogP contribution in [-0.2, 0) is 0 Å². The molecular weight excluding hydrogens is 476 g/mol. The van der Waals surface area contributed by atoms with Gasteiger partial charge in [-0.1, -0.05) is 35.9 Å². The van der Waals surface area contributed by atoms with Crippen LogP contribution in [0.1, 0.15) is 34.5 Å². The maximum Gasteiger partial charge on any atom is 0.261 e. The van der Waals surface area contributed by atoms with Crippen LogP contribution < -0.4 is 20.1 Å². The minimum Gasteiger partial charge on any atom is -0.497 e. The zero-order valence-electron chi connectivity index (χ0n) is 19.9. The maximum atomic E-state index is 13.3. The third-order valence-electron chi connectivity index (χ3n) is 5.89. The first kappa shape index (κ1) is 23.5. The average molecular weight is 501 g/mol. The Labute approximate surface area is 214 Å². The summed E-state index contributed by atoms with van der Waals surface area (Å²) in [6, 6.07) is 22.4. The second kappa shape index (κ2) is 10.2. The molecule has 0 bridgehead atoms. The minimum atomic E-state index is -0.269. The summed E-state index contributed by atoms with van der Waals surface area (Å²) in [5, 5.41) is 11.6. The Kier molecular flexibility index (Phi) is 6.64. The van der Waals surface area contributed by atoms with Crippen LogP contribution in [0.25, 0.3) is 5.70 Å². The van der Waals surface area contributed by atoms with Crippen molar-refractivity contribution in [3.05, 3.63) is 107 Å². The highest BCUT2D eigenvalue weighted by Crippen LogP contribution is 2.36. The molecule has 3 aromatic carbocycles. The summed E-state index contributed by atoms with van der Waals surface area (Å²) in [5.74, 6) is 1.82. The lowest BCUT2D eigenvalue weighted by molar-refractivity contribution is 0.102. The molecule has 0 spiro atoms. The van der Waals surface area contributed by atoms with Crippen molar-refractivity contribution in [1.82, 2.24) is 9.78 Å². The van der Waals surface area contributed by atoms with E-state index in [1.54, 1.807) is 18.0 Å². The number of ether oxygens (including phenoxy) is 2. The summed E-state index contributed by atoms with van der Waals surface area (Å²) in [6.07, 6.45) is 3.66. The second-order valence-electron chi connectivity index (χ2n) is 8.20. The van der Waals surface area contributed by atoms with Crippen molar-refractivity contribution in [2.75, 3.05) is 24.4 Å². The third kappa shape index (κ3) is 4.78. The predicted molar refractivity (Wildman–Crippen MR) is 142 cm³/mol. The van der Waals surface area contributed by atoms with Crippen molar-refractivity contribution < 1.29 is 14.3 Å². The van der Waals surface area contributed by atoms with Crippen LogP contribution in [0.15, 0.2) is 85.1 Å². The van der Waals surface area contributed by atoms with Gasteiger partial charge in [0.1, 0.15) is 22.9 Å². The van der Waals surface area contributed by atoms with Crippen LogP contribution in [0.5, 0.6) is 11.5 Å². The van der Waals surface area contributed by atoms with E-state index >= 15 is 0 Å². The standard InChI is InChI=1S/C28H25ClN4O3/c1-3-36-22-13-11-21(12-14-22)31-28(34)24-17-30-33-26(19-5-4-6-23(15-19)35-2)16-25(32-27(24)33)18-7-9-20(29)10-8-18/h4-17,26,32H,3H2,1-2H3,(H,31,34)/t26-/m1/s1. The van der Waals surface area contributed by atoms with Crippen LogP contribution in [0.2, 0.25) is 5.02 Å². The number of allylic oxidation sites excluding steroid dienone is 1. The number of hydrogen-bond donors (Lipinski definition) is 2. The SMILES string of the molecule is CCOc1ccc(NC(=O)c2cnn3c2NC(c2ccc(Cl)cc2)=C[C@@H]3c2cccc(OC)c2)cc1. The van der Waals surface area contributed by atoms with Gasteiger partial charge in [-0.25, -0.2) is 4.68 Å². The molecule has 0 saturated carbocycles. The van der Waals surface area contributed by atoms with E-state index in [4.69, 9.17) is 21.1 Å². The number of hydrogen-bond acceptors (Lipinski definition) is 5. The molecule has 182 valence electrons. The normalized spacial score (nSPS) is 14.3. The molecule has 1 atom stereocenters. The van der Waals surface area contributed by atoms with E-state index in [1.807, 2.05) is 79.7 Å². The molecule has 1 aliphatic heterocycles. The van der Waals surface area contributed by atoms with E-state index in [0.29, 0.717) is 28.7 Å². The van der Waals surface area contributed by atoms with Gasteiger partial charge in [-0.2, -0.15) is 5.10 Å². The Balaban J connectivity index is 1.51. The van der Waals surface area contributed by atoms with E-state index in [2.05, 4.69) is 21.8 Å². The smallest absolute Gasteiger partial charge is 0.261 e. The van der Waals surface area contributed by atoms with Crippen molar-refractivity contribution >= 4 is 34.7 Å². The number of rotatable bonds is 7. The largest absolute Gasteiger partial charge is 0.497 e. The zero-order valence-corrected chi connectivity index (χ0v) is 20.6. The lowest BCUT2D eigenvalue weighted by Gasteiger charge is -2.26. The van der Waals surface area contributed by atoms with Gasteiger partial charge in [-0.3, -0.25) is 4.79 Å². The highest BCUT2D eigenvalue weighted by atomic mass is 35.5. The number of methoxy groups -OCH3 is 1. The summed E-state index contributed by atoms with van der Waals surface area (Å²) >= 11 is 6.11. The number of carbonyl (C=O) groups is 1. The van der Waals surface area contributed by atoms with Gasteiger partial charge in [-0.05, 0) is 72.7 Å². The van der Waals surface area contributed by atoms with Gasteiger partial charge < -0.3 is 20.1 Å². The average Bonchev–Trinajstić information content (AvgIpc) is 3.34. The first-order chi connectivity index (χ1) is 17.6. The van der Waals surface area contributed by atoms with Crippen molar-refractivity contribution in [3.63, 3.8) is 0 Å². The van der Waals surface area contributed by atoms with Gasteiger partial charge in [0.15, 0.2) is 0 Å². The van der Waals surface area contributed by atoms with Crippen molar-refractivity contribution in [2.45, 2.75) is 13.0 Å². The van der Waals surface area contributed by atoms with E-state index in [-0.39, 0.29) is 11.9 Å². The van der Waals surface area contributed by atoms with Crippen LogP contribution in [-0.4, -0.2) is 29.4 Å². The van der Waals surface area contributed by atoms with Crippen molar-refractivity contribution in [1.29, 1.82) is 0 Å². The van der Waals surface area contributed by atoms with Crippen LogP contribution in [0, 0.1) is 0 Å². The Morgan fingerprint density at radius 1 is 1.08 bits per heavy atom. The van der Waals surface area contributed by atoms with Crippen LogP contribution in [0.3, 0.4) is 0 Å². The molecule has 36 heavy (non-hydrogen) atoms. The predicted octanol–water partition coefficient (Wildman–Crippen LogP) is 6.25. The molecule has 4 aromatic rings. The number of carbonyl (C=O) groups excluding carboxylic acids is 1. The van der Waals surface area contributed by atoms with Crippen molar-refractivity contribution in [2.24, 2.45) is 0 Å². The fourth-order valence-electron chi connectivity index (χ4n) is 4.12. The van der Waals surface area contributed by atoms with Gasteiger partial charge >= 0.3 is 0 Å². The first-order valence-corrected chi connectivity index (χ1v) is 11.9. The first-order valence-electron chi connectivity index (χ1n) is 11.6. The lowest BCUT2D eigenvalue weighted by Crippen LogP contribution is -2.22. The summed E-state index contributed by atoms with van der Waals surface area (Å²) in [6.45, 7) is 2.51. The number of anilines is 2. The third-order valence-corrected chi connectivity index (χ3v) is 6.15. The number of nitrogens with zero attached hydrogens (tertiary/aromatic N) is 2. The number of benzene rings is 3. The van der Waals surface area contributed by atoms with E-state index < -0.39 is 0 Å². The number of halogens is 1. The quantitative estimate of drug-likeness (QED) is 0.313. The molecule has 0 radical (unpaired) electrons. The van der Waals surface area contributed by atoms with E-state index in [0.717, 1.165) is 28.3 Å². The van der Waals surface area contributed by atoms with Crippen molar-refractivity contribution in [3.8, 4) is 11.5 Å². The molecule has 1 amide bonds. The van der Waals surface area contributed by atoms with Gasteiger partial charge in [0, 0.05) is 16.4 Å². The number of aromatic nitrogens is 2. The zero-order chi connectivity index (χ0) is 25.1. The highest BCUT2D eigenvalue weighted by Gasteiger charge is 2.28. The summed E-state index contributed by atoms with van der Waals surface area (Å²) in [4.78, 5) is 13.3. The van der Waals surface area contributed by atoms with Gasteiger partial charge in [-0.15, -0.1) is 0 Å². The molecular formula is C28H25ClN4O3.